The number of anilines is 1. The van der Waals surface area contributed by atoms with E-state index in [1.165, 1.54) is 0 Å². The van der Waals surface area contributed by atoms with E-state index >= 15 is 0 Å². The average Bonchev–Trinajstić information content (AvgIpc) is 2.51. The summed E-state index contributed by atoms with van der Waals surface area (Å²) >= 11 is 0. The van der Waals surface area contributed by atoms with E-state index in [4.69, 9.17) is 10.5 Å². The highest BCUT2D eigenvalue weighted by molar-refractivity contribution is 5.84. The number of nitrogens with two attached hydrogens (primary N) is 1. The fourth-order valence-corrected chi connectivity index (χ4v) is 2.36. The van der Waals surface area contributed by atoms with Crippen LogP contribution in [-0.2, 0) is 6.54 Å². The number of benzene rings is 2. The van der Waals surface area contributed by atoms with E-state index < -0.39 is 0 Å². The molecule has 0 fully saturated rings. The molecule has 0 spiro atoms. The lowest BCUT2D eigenvalue weighted by Gasteiger charge is -2.08. The smallest absolute Gasteiger partial charge is 0.258 e. The zero-order valence-corrected chi connectivity index (χ0v) is 11.7. The van der Waals surface area contributed by atoms with Crippen molar-refractivity contribution in [2.45, 2.75) is 6.54 Å². The Kier molecular flexibility index (Phi) is 3.36. The van der Waals surface area contributed by atoms with Crippen LogP contribution < -0.4 is 16.0 Å². The van der Waals surface area contributed by atoms with Gasteiger partial charge in [-0.2, -0.15) is 0 Å². The molecule has 0 radical (unpaired) electrons. The zero-order valence-electron chi connectivity index (χ0n) is 11.7. The molecule has 3 aromatic rings. The summed E-state index contributed by atoms with van der Waals surface area (Å²) < 4.78 is 6.83. The van der Waals surface area contributed by atoms with Crippen LogP contribution in [0.4, 0.5) is 5.69 Å². The number of hydrogen-bond acceptors (Lipinski definition) is 3. The van der Waals surface area contributed by atoms with E-state index in [1.54, 1.807) is 30.0 Å². The summed E-state index contributed by atoms with van der Waals surface area (Å²) in [5.74, 6) is 0.806. The van der Waals surface area contributed by atoms with Crippen LogP contribution in [0.2, 0.25) is 0 Å². The van der Waals surface area contributed by atoms with Gasteiger partial charge in [0.2, 0.25) is 0 Å². The first-order valence-electron chi connectivity index (χ1n) is 6.69. The number of nitrogens with zero attached hydrogens (tertiary/aromatic N) is 1. The van der Waals surface area contributed by atoms with Gasteiger partial charge in [0.1, 0.15) is 5.75 Å². The number of methoxy groups -OCH3 is 1. The lowest BCUT2D eigenvalue weighted by molar-refractivity contribution is 0.414. The highest BCUT2D eigenvalue weighted by atomic mass is 16.5. The molecule has 0 atom stereocenters. The molecule has 0 bridgehead atoms. The first-order valence-corrected chi connectivity index (χ1v) is 6.69. The first kappa shape index (κ1) is 13.2. The van der Waals surface area contributed by atoms with Crippen molar-refractivity contribution in [3.63, 3.8) is 0 Å². The maximum absolute atomic E-state index is 12.5. The monoisotopic (exact) mass is 280 g/mol. The molecule has 1 heterocycles. The molecule has 0 amide bonds. The average molecular weight is 280 g/mol. The van der Waals surface area contributed by atoms with Gasteiger partial charge in [-0.05, 0) is 47.3 Å². The summed E-state index contributed by atoms with van der Waals surface area (Å²) in [4.78, 5) is 12.5. The molecule has 0 aliphatic heterocycles. The van der Waals surface area contributed by atoms with Crippen molar-refractivity contribution in [2.75, 3.05) is 12.8 Å². The summed E-state index contributed by atoms with van der Waals surface area (Å²) in [7, 11) is 1.63. The summed E-state index contributed by atoms with van der Waals surface area (Å²) in [6, 6.07) is 14.9. The minimum Gasteiger partial charge on any atom is -0.497 e. The maximum atomic E-state index is 12.5. The number of hydrogen-bond donors (Lipinski definition) is 1. The van der Waals surface area contributed by atoms with Gasteiger partial charge in [-0.3, -0.25) is 4.79 Å². The molecular formula is C17H16N2O2. The van der Waals surface area contributed by atoms with Crippen molar-refractivity contribution in [1.29, 1.82) is 0 Å². The minimum atomic E-state index is -0.0108. The first-order chi connectivity index (χ1) is 10.2. The summed E-state index contributed by atoms with van der Waals surface area (Å²) in [5, 5.41) is 1.55. The highest BCUT2D eigenvalue weighted by Gasteiger charge is 2.04. The summed E-state index contributed by atoms with van der Waals surface area (Å²) in [5.41, 5.74) is 7.44. The third-order valence-electron chi connectivity index (χ3n) is 3.51. The van der Waals surface area contributed by atoms with Crippen molar-refractivity contribution in [3.05, 3.63) is 70.6 Å². The largest absolute Gasteiger partial charge is 0.497 e. The Morgan fingerprint density at radius 3 is 2.57 bits per heavy atom. The molecule has 21 heavy (non-hydrogen) atoms. The van der Waals surface area contributed by atoms with E-state index in [0.717, 1.165) is 16.7 Å². The predicted molar refractivity (Wildman–Crippen MR) is 84.7 cm³/mol. The van der Waals surface area contributed by atoms with Gasteiger partial charge in [-0.15, -0.1) is 0 Å². The predicted octanol–water partition coefficient (Wildman–Crippen LogP) is 2.64. The van der Waals surface area contributed by atoms with Crippen molar-refractivity contribution >= 4 is 16.5 Å². The van der Waals surface area contributed by atoms with Crippen molar-refractivity contribution in [1.82, 2.24) is 4.57 Å². The number of fused-ring (bicyclic) bond motifs is 1. The number of rotatable bonds is 3. The van der Waals surface area contributed by atoms with Crippen LogP contribution in [0.25, 0.3) is 10.8 Å². The number of ether oxygens (including phenoxy) is 1. The fraction of sp³-hybridized carbons (Fsp3) is 0.118. The van der Waals surface area contributed by atoms with E-state index in [-0.39, 0.29) is 5.56 Å². The van der Waals surface area contributed by atoms with Gasteiger partial charge in [0.05, 0.1) is 13.7 Å². The molecule has 1 aromatic heterocycles. The van der Waals surface area contributed by atoms with E-state index in [1.807, 2.05) is 36.4 Å². The molecule has 2 N–H and O–H groups in total. The summed E-state index contributed by atoms with van der Waals surface area (Å²) in [6.45, 7) is 0.531. The van der Waals surface area contributed by atoms with Gasteiger partial charge >= 0.3 is 0 Å². The van der Waals surface area contributed by atoms with Crippen molar-refractivity contribution < 1.29 is 4.74 Å². The van der Waals surface area contributed by atoms with Crippen LogP contribution in [-0.4, -0.2) is 11.7 Å². The third kappa shape index (κ3) is 2.60. The van der Waals surface area contributed by atoms with E-state index in [9.17, 15) is 4.79 Å². The quantitative estimate of drug-likeness (QED) is 0.750. The van der Waals surface area contributed by atoms with Gasteiger partial charge in [0, 0.05) is 17.3 Å². The van der Waals surface area contributed by atoms with Crippen LogP contribution in [0, 0.1) is 0 Å². The van der Waals surface area contributed by atoms with Crippen LogP contribution >= 0.6 is 0 Å². The molecule has 2 aromatic carbocycles. The summed E-state index contributed by atoms with van der Waals surface area (Å²) in [6.07, 6.45) is 1.80. The highest BCUT2D eigenvalue weighted by Crippen LogP contribution is 2.15. The number of pyridine rings is 1. The molecule has 106 valence electrons. The lowest BCUT2D eigenvalue weighted by atomic mass is 10.1. The van der Waals surface area contributed by atoms with Gasteiger partial charge in [0.25, 0.3) is 5.56 Å². The van der Waals surface area contributed by atoms with Gasteiger partial charge in [-0.1, -0.05) is 12.1 Å². The SMILES string of the molecule is COc1ccc(Cn2ccc3cc(N)ccc3c2=O)cc1. The number of aromatic nitrogens is 1. The molecule has 0 aliphatic rings. The van der Waals surface area contributed by atoms with E-state index in [2.05, 4.69) is 0 Å². The van der Waals surface area contributed by atoms with Crippen LogP contribution in [0.5, 0.6) is 5.75 Å². The molecule has 4 heteroatoms. The molecule has 3 rings (SSSR count). The topological polar surface area (TPSA) is 57.2 Å². The molecule has 0 unspecified atom stereocenters. The molecule has 0 saturated carbocycles. The van der Waals surface area contributed by atoms with Crippen molar-refractivity contribution in [2.24, 2.45) is 0 Å². The molecule has 4 nitrogen and oxygen atoms in total. The van der Waals surface area contributed by atoms with E-state index in [0.29, 0.717) is 17.6 Å². The molecular weight excluding hydrogens is 264 g/mol. The Bertz CT molecular complexity index is 836. The van der Waals surface area contributed by atoms with Crippen LogP contribution in [0.15, 0.2) is 59.5 Å². The second kappa shape index (κ2) is 5.32. The van der Waals surface area contributed by atoms with Gasteiger partial charge in [-0.25, -0.2) is 0 Å². The third-order valence-corrected chi connectivity index (χ3v) is 3.51. The molecule has 0 saturated heterocycles. The number of nitrogen functional groups attached to an aromatic ring is 1. The Balaban J connectivity index is 1.98. The molecule has 0 aliphatic carbocycles. The van der Waals surface area contributed by atoms with Gasteiger partial charge in [0.15, 0.2) is 0 Å². The second-order valence-electron chi connectivity index (χ2n) is 4.94. The second-order valence-corrected chi connectivity index (χ2v) is 4.94. The zero-order chi connectivity index (χ0) is 14.8. The van der Waals surface area contributed by atoms with Gasteiger partial charge < -0.3 is 15.0 Å². The van der Waals surface area contributed by atoms with Crippen LogP contribution in [0.1, 0.15) is 5.56 Å². The standard InChI is InChI=1S/C17H16N2O2/c1-21-15-5-2-12(3-6-15)11-19-9-8-13-10-14(18)4-7-16(13)17(19)20/h2-10H,11,18H2,1H3. The fourth-order valence-electron chi connectivity index (χ4n) is 2.36. The minimum absolute atomic E-state index is 0.0108. The maximum Gasteiger partial charge on any atom is 0.258 e. The lowest BCUT2D eigenvalue weighted by Crippen LogP contribution is -2.20. The Labute approximate surface area is 122 Å². The normalized spacial score (nSPS) is 10.7. The Morgan fingerprint density at radius 1 is 1.10 bits per heavy atom. The Hall–Kier alpha value is -2.75. The Morgan fingerprint density at radius 2 is 1.86 bits per heavy atom. The van der Waals surface area contributed by atoms with Crippen molar-refractivity contribution in [3.8, 4) is 5.75 Å². The van der Waals surface area contributed by atoms with Crippen LogP contribution in [0.3, 0.4) is 0 Å².